The van der Waals surface area contributed by atoms with E-state index in [4.69, 9.17) is 4.42 Å². The fourth-order valence-electron chi connectivity index (χ4n) is 4.18. The third kappa shape index (κ3) is 7.71. The van der Waals surface area contributed by atoms with Gasteiger partial charge in [-0.05, 0) is 56.1 Å². The van der Waals surface area contributed by atoms with Gasteiger partial charge in [-0.3, -0.25) is 9.69 Å². The predicted molar refractivity (Wildman–Crippen MR) is 144 cm³/mol. The molecule has 0 aliphatic rings. The molecule has 0 saturated heterocycles. The molecule has 1 amide bonds. The molecule has 0 aliphatic heterocycles. The van der Waals surface area contributed by atoms with Gasteiger partial charge in [-0.2, -0.15) is 0 Å². The highest BCUT2D eigenvalue weighted by Crippen LogP contribution is 2.34. The number of aryl methyl sites for hydroxylation is 1. The summed E-state index contributed by atoms with van der Waals surface area (Å²) in [6.07, 6.45) is 1.57. The van der Waals surface area contributed by atoms with Gasteiger partial charge in [-0.1, -0.05) is 57.2 Å². The molecule has 2 aromatic carbocycles. The zero-order chi connectivity index (χ0) is 25.2. The van der Waals surface area contributed by atoms with E-state index in [1.165, 1.54) is 28.8 Å². The van der Waals surface area contributed by atoms with Crippen LogP contribution >= 0.6 is 11.8 Å². The third-order valence-electron chi connectivity index (χ3n) is 6.32. The van der Waals surface area contributed by atoms with Crippen LogP contribution in [-0.4, -0.2) is 36.2 Å². The molecule has 0 bridgehead atoms. The van der Waals surface area contributed by atoms with E-state index in [1.807, 2.05) is 6.92 Å². The Labute approximate surface area is 213 Å². The molecule has 188 valence electrons. The highest BCUT2D eigenvalue weighted by molar-refractivity contribution is 7.99. The first kappa shape index (κ1) is 27.0. The molecule has 0 fully saturated rings. The monoisotopic (exact) mass is 496 g/mol. The van der Waals surface area contributed by atoms with E-state index < -0.39 is 0 Å². The van der Waals surface area contributed by atoms with Gasteiger partial charge in [0.25, 0.3) is 0 Å². The smallest absolute Gasteiger partial charge is 0.230 e. The third-order valence-corrected chi connectivity index (χ3v) is 7.28. The molecule has 0 saturated carbocycles. The molecule has 1 heterocycles. The first-order valence-electron chi connectivity index (χ1n) is 12.5. The lowest BCUT2D eigenvalue weighted by molar-refractivity contribution is -0.118. The van der Waals surface area contributed by atoms with Gasteiger partial charge in [-0.15, -0.1) is 11.8 Å². The van der Waals surface area contributed by atoms with E-state index in [1.54, 1.807) is 23.9 Å². The molecule has 3 rings (SSSR count). The normalized spacial score (nSPS) is 11.3. The van der Waals surface area contributed by atoms with E-state index in [-0.39, 0.29) is 11.7 Å². The summed E-state index contributed by atoms with van der Waals surface area (Å²) >= 11 is 1.60. The lowest BCUT2D eigenvalue weighted by atomic mass is 10.0. The van der Waals surface area contributed by atoms with Crippen molar-refractivity contribution < 1.29 is 13.6 Å². The molecule has 3 aromatic rings. The number of halogens is 1. The first-order chi connectivity index (χ1) is 16.9. The van der Waals surface area contributed by atoms with Crippen molar-refractivity contribution in [1.82, 2.24) is 10.2 Å². The highest BCUT2D eigenvalue weighted by atomic mass is 32.2. The van der Waals surface area contributed by atoms with E-state index in [0.717, 1.165) is 54.5 Å². The topological polar surface area (TPSA) is 45.5 Å². The van der Waals surface area contributed by atoms with Crippen LogP contribution < -0.4 is 5.32 Å². The van der Waals surface area contributed by atoms with Crippen LogP contribution in [0.3, 0.4) is 0 Å². The fraction of sp³-hybridized carbons (Fsp3) is 0.414. The number of nitrogens with zero attached hydrogens (tertiary/aromatic N) is 1. The molecule has 35 heavy (non-hydrogen) atoms. The Morgan fingerprint density at radius 2 is 1.63 bits per heavy atom. The van der Waals surface area contributed by atoms with Crippen molar-refractivity contribution in [2.75, 3.05) is 25.4 Å². The summed E-state index contributed by atoms with van der Waals surface area (Å²) in [4.78, 5) is 14.7. The number of furan rings is 1. The van der Waals surface area contributed by atoms with Gasteiger partial charge in [0.05, 0.1) is 5.75 Å². The number of carbonyl (C=O) groups is 1. The van der Waals surface area contributed by atoms with Gasteiger partial charge >= 0.3 is 0 Å². The maximum Gasteiger partial charge on any atom is 0.230 e. The second kappa shape index (κ2) is 13.5. The lowest BCUT2D eigenvalue weighted by Crippen LogP contribution is -2.27. The van der Waals surface area contributed by atoms with Crippen molar-refractivity contribution in [2.45, 2.75) is 52.8 Å². The van der Waals surface area contributed by atoms with Crippen LogP contribution in [0.5, 0.6) is 0 Å². The van der Waals surface area contributed by atoms with Crippen LogP contribution in [0.25, 0.3) is 11.3 Å². The number of hydrogen-bond donors (Lipinski definition) is 1. The van der Waals surface area contributed by atoms with Crippen molar-refractivity contribution in [2.24, 2.45) is 0 Å². The van der Waals surface area contributed by atoms with Gasteiger partial charge in [0.2, 0.25) is 5.91 Å². The summed E-state index contributed by atoms with van der Waals surface area (Å²) < 4.78 is 19.2. The lowest BCUT2D eigenvalue weighted by Gasteiger charge is -2.18. The number of hydrogen-bond acceptors (Lipinski definition) is 4. The molecule has 4 nitrogen and oxygen atoms in total. The van der Waals surface area contributed by atoms with Crippen molar-refractivity contribution in [3.05, 3.63) is 82.4 Å². The molecular formula is C29H37FN2O2S. The Hall–Kier alpha value is -2.57. The molecule has 0 unspecified atom stereocenters. The number of nitrogens with one attached hydrogen (secondary N) is 1. The molecule has 0 radical (unpaired) electrons. The summed E-state index contributed by atoms with van der Waals surface area (Å²) in [5.74, 6) is 2.77. The van der Waals surface area contributed by atoms with Crippen molar-refractivity contribution in [3.63, 3.8) is 0 Å². The number of rotatable bonds is 13. The minimum absolute atomic E-state index is 0.0142. The average molecular weight is 497 g/mol. The summed E-state index contributed by atoms with van der Waals surface area (Å²) in [6.45, 7) is 12.1. The van der Waals surface area contributed by atoms with Gasteiger partial charge < -0.3 is 9.73 Å². The fourth-order valence-corrected chi connectivity index (χ4v) is 5.15. The molecule has 0 aliphatic carbocycles. The second-order valence-electron chi connectivity index (χ2n) is 8.68. The average Bonchev–Trinajstić information content (AvgIpc) is 3.19. The van der Waals surface area contributed by atoms with Crippen molar-refractivity contribution >= 4 is 17.7 Å². The Balaban J connectivity index is 1.54. The molecule has 1 aromatic heterocycles. The van der Waals surface area contributed by atoms with Gasteiger partial charge in [-0.25, -0.2) is 4.39 Å². The molecule has 1 N–H and O–H groups in total. The Morgan fingerprint density at radius 1 is 0.971 bits per heavy atom. The molecule has 0 spiro atoms. The molecule has 6 heteroatoms. The van der Waals surface area contributed by atoms with E-state index in [2.05, 4.69) is 55.3 Å². The molecular weight excluding hydrogens is 459 g/mol. The quantitative estimate of drug-likeness (QED) is 0.298. The van der Waals surface area contributed by atoms with Crippen LogP contribution in [0, 0.1) is 12.7 Å². The maximum atomic E-state index is 13.0. The van der Waals surface area contributed by atoms with Gasteiger partial charge in [0.1, 0.15) is 17.3 Å². The summed E-state index contributed by atoms with van der Waals surface area (Å²) in [5, 5.41) is 2.95. The van der Waals surface area contributed by atoms with Gasteiger partial charge in [0, 0.05) is 35.5 Å². The zero-order valence-electron chi connectivity index (χ0n) is 21.3. The Bertz CT molecular complexity index is 1070. The van der Waals surface area contributed by atoms with E-state index in [9.17, 15) is 9.18 Å². The van der Waals surface area contributed by atoms with Crippen LogP contribution in [0.15, 0.2) is 52.9 Å². The predicted octanol–water partition coefficient (Wildman–Crippen LogP) is 6.39. The Kier molecular flexibility index (Phi) is 10.4. The van der Waals surface area contributed by atoms with Crippen molar-refractivity contribution in [3.8, 4) is 11.3 Å². The van der Waals surface area contributed by atoms with E-state index >= 15 is 0 Å². The zero-order valence-corrected chi connectivity index (χ0v) is 22.1. The highest BCUT2D eigenvalue weighted by Gasteiger charge is 2.18. The Morgan fingerprint density at radius 3 is 2.26 bits per heavy atom. The standard InChI is InChI=1S/C29H37FN2O2S/c1-5-26-27(19-35-20-28(33)31-17-16-22-10-14-25(30)15-11-22)21(4)34-29(26)24-12-8-23(9-13-24)18-32(6-2)7-3/h8-15H,5-7,16-20H2,1-4H3,(H,31,33). The van der Waals surface area contributed by atoms with Crippen molar-refractivity contribution in [1.29, 1.82) is 0 Å². The minimum atomic E-state index is -0.245. The van der Waals surface area contributed by atoms with Crippen LogP contribution in [0.4, 0.5) is 4.39 Å². The summed E-state index contributed by atoms with van der Waals surface area (Å²) in [5.41, 5.74) is 5.83. The minimum Gasteiger partial charge on any atom is -0.461 e. The largest absolute Gasteiger partial charge is 0.461 e. The second-order valence-corrected chi connectivity index (χ2v) is 9.66. The summed E-state index contributed by atoms with van der Waals surface area (Å²) in [7, 11) is 0. The number of thioether (sulfide) groups is 1. The SMILES string of the molecule is CCc1c(-c2ccc(CN(CC)CC)cc2)oc(C)c1CSCC(=O)NCCc1ccc(F)cc1. The number of amides is 1. The van der Waals surface area contributed by atoms with Gasteiger partial charge in [0.15, 0.2) is 0 Å². The maximum absolute atomic E-state index is 13.0. The van der Waals surface area contributed by atoms with Crippen LogP contribution in [0.2, 0.25) is 0 Å². The molecule has 0 atom stereocenters. The summed E-state index contributed by atoms with van der Waals surface area (Å²) in [6, 6.07) is 15.1. The first-order valence-corrected chi connectivity index (χ1v) is 13.6. The number of benzene rings is 2. The number of carbonyl (C=O) groups excluding carboxylic acids is 1. The van der Waals surface area contributed by atoms with Crippen LogP contribution in [0.1, 0.15) is 48.8 Å². The van der Waals surface area contributed by atoms with Crippen LogP contribution in [-0.2, 0) is 29.9 Å². The van der Waals surface area contributed by atoms with E-state index in [0.29, 0.717) is 18.7 Å².